The van der Waals surface area contributed by atoms with Crippen molar-refractivity contribution in [1.29, 1.82) is 0 Å². The van der Waals surface area contributed by atoms with Crippen LogP contribution in [0.15, 0.2) is 71.7 Å². The van der Waals surface area contributed by atoms with Gasteiger partial charge in [-0.1, -0.05) is 18.6 Å². The lowest BCUT2D eigenvalue weighted by atomic mass is 9.65. The summed E-state index contributed by atoms with van der Waals surface area (Å²) in [5.41, 5.74) is 9.64. The molecular formula is C27H30FN7OS. The maximum atomic E-state index is 14.1. The van der Waals surface area contributed by atoms with Crippen LogP contribution < -0.4 is 11.6 Å². The Balaban J connectivity index is 1.50. The van der Waals surface area contributed by atoms with Crippen LogP contribution in [0.2, 0.25) is 0 Å². The fourth-order valence-corrected chi connectivity index (χ4v) is 6.03. The first-order valence-electron chi connectivity index (χ1n) is 12.3. The predicted octanol–water partition coefficient (Wildman–Crippen LogP) is 3.91. The average molecular weight is 520 g/mol. The lowest BCUT2D eigenvalue weighted by molar-refractivity contribution is 0.0776. The van der Waals surface area contributed by atoms with E-state index in [-0.39, 0.29) is 11.6 Å². The first-order valence-corrected chi connectivity index (χ1v) is 13.1. The zero-order chi connectivity index (χ0) is 26.0. The number of pyridine rings is 1. The Morgan fingerprint density at radius 3 is 2.81 bits per heavy atom. The highest BCUT2D eigenvalue weighted by molar-refractivity contribution is 8.00. The minimum Gasteiger partial charge on any atom is -0.391 e. The SMILES string of the molecule is CCCN(N)/C=C(\N)SN1CCC2=Cc3c(cnn3-c3ccc(F)cc3)CC2(C(=O)c2ccccn2)C1. The molecule has 0 bridgehead atoms. The second-order valence-corrected chi connectivity index (χ2v) is 10.6. The third kappa shape index (κ3) is 5.04. The number of aromatic nitrogens is 3. The number of hydrogen-bond donors (Lipinski definition) is 2. The quantitative estimate of drug-likeness (QED) is 0.200. The minimum absolute atomic E-state index is 0.0150. The van der Waals surface area contributed by atoms with Crippen molar-refractivity contribution >= 4 is 23.8 Å². The molecule has 0 radical (unpaired) electrons. The molecule has 2 aliphatic rings. The monoisotopic (exact) mass is 519 g/mol. The molecule has 1 aromatic carbocycles. The molecule has 1 saturated heterocycles. The normalized spacial score (nSPS) is 19.6. The highest BCUT2D eigenvalue weighted by atomic mass is 32.2. The number of ketones is 1. The van der Waals surface area contributed by atoms with Crippen molar-refractivity contribution in [3.63, 3.8) is 0 Å². The van der Waals surface area contributed by atoms with Crippen molar-refractivity contribution in [2.24, 2.45) is 17.0 Å². The topological polar surface area (TPSA) is 106 Å². The molecular weight excluding hydrogens is 489 g/mol. The maximum Gasteiger partial charge on any atom is 0.192 e. The number of carbonyl (C=O) groups is 1. The number of benzene rings is 1. The molecule has 37 heavy (non-hydrogen) atoms. The van der Waals surface area contributed by atoms with Gasteiger partial charge in [-0.3, -0.25) is 9.78 Å². The van der Waals surface area contributed by atoms with E-state index in [0.717, 1.165) is 35.5 Å². The number of fused-ring (bicyclic) bond motifs is 2. The Bertz CT molecular complexity index is 1340. The van der Waals surface area contributed by atoms with Gasteiger partial charge in [0.2, 0.25) is 0 Å². The molecule has 2 aromatic heterocycles. The Morgan fingerprint density at radius 1 is 1.27 bits per heavy atom. The van der Waals surface area contributed by atoms with Crippen LogP contribution in [0.25, 0.3) is 11.8 Å². The van der Waals surface area contributed by atoms with Crippen LogP contribution in [0.3, 0.4) is 0 Å². The second-order valence-electron chi connectivity index (χ2n) is 9.39. The van der Waals surface area contributed by atoms with Crippen LogP contribution in [0.5, 0.6) is 0 Å². The van der Waals surface area contributed by atoms with Gasteiger partial charge in [-0.15, -0.1) is 0 Å². The molecule has 1 unspecified atom stereocenters. The van der Waals surface area contributed by atoms with Crippen molar-refractivity contribution in [2.75, 3.05) is 19.6 Å². The molecule has 1 aliphatic heterocycles. The number of hydrazine groups is 1. The summed E-state index contributed by atoms with van der Waals surface area (Å²) in [5, 5.41) is 6.75. The summed E-state index contributed by atoms with van der Waals surface area (Å²) in [4.78, 5) is 18.5. The number of nitrogens with zero attached hydrogens (tertiary/aromatic N) is 5. The van der Waals surface area contributed by atoms with E-state index in [9.17, 15) is 9.18 Å². The van der Waals surface area contributed by atoms with Gasteiger partial charge in [0.15, 0.2) is 5.78 Å². The molecule has 0 spiro atoms. The van der Waals surface area contributed by atoms with E-state index in [2.05, 4.69) is 27.4 Å². The van der Waals surface area contributed by atoms with E-state index >= 15 is 0 Å². The van der Waals surface area contributed by atoms with Crippen molar-refractivity contribution in [1.82, 2.24) is 24.1 Å². The number of nitrogens with two attached hydrogens (primary N) is 2. The number of rotatable bonds is 8. The van der Waals surface area contributed by atoms with Crippen molar-refractivity contribution in [3.05, 3.63) is 94.4 Å². The standard InChI is InChI=1S/C27H30FN7OS/c1-2-12-33(30)17-25(29)37-34-13-10-20-14-24-19(16-32-35(24)22-8-6-21(28)7-9-22)15-27(20,18-34)26(36)23-5-3-4-11-31-23/h3-9,11,14,16-17H,2,10,12-13,15,18,29-30H2,1H3/b25-17+. The van der Waals surface area contributed by atoms with Gasteiger partial charge in [-0.25, -0.2) is 19.2 Å². The van der Waals surface area contributed by atoms with E-state index < -0.39 is 5.41 Å². The lowest BCUT2D eigenvalue weighted by Crippen LogP contribution is -2.50. The molecule has 0 amide bonds. The molecule has 1 fully saturated rings. The first-order chi connectivity index (χ1) is 17.9. The molecule has 1 atom stereocenters. The van der Waals surface area contributed by atoms with E-state index in [1.807, 2.05) is 10.7 Å². The van der Waals surface area contributed by atoms with Crippen molar-refractivity contribution in [2.45, 2.75) is 26.2 Å². The molecule has 1 aliphatic carbocycles. The van der Waals surface area contributed by atoms with Gasteiger partial charge in [-0.05, 0) is 79.2 Å². The number of halogens is 1. The summed E-state index contributed by atoms with van der Waals surface area (Å²) in [7, 11) is 0. The molecule has 5 rings (SSSR count). The van der Waals surface area contributed by atoms with Gasteiger partial charge in [0.05, 0.1) is 28.0 Å². The third-order valence-corrected chi connectivity index (χ3v) is 7.68. The molecule has 8 nitrogen and oxygen atoms in total. The molecule has 10 heteroatoms. The smallest absolute Gasteiger partial charge is 0.192 e. The fraction of sp³-hybridized carbons (Fsp3) is 0.296. The Hall–Kier alpha value is -3.47. The van der Waals surface area contributed by atoms with E-state index in [1.54, 1.807) is 47.9 Å². The van der Waals surface area contributed by atoms with Crippen molar-refractivity contribution in [3.8, 4) is 5.69 Å². The number of carbonyl (C=O) groups excluding carboxylic acids is 1. The van der Waals surface area contributed by atoms with Crippen LogP contribution in [-0.2, 0) is 6.42 Å². The van der Waals surface area contributed by atoms with Gasteiger partial charge in [0.25, 0.3) is 0 Å². The Labute approximate surface area is 219 Å². The summed E-state index contributed by atoms with van der Waals surface area (Å²) in [6, 6.07) is 11.7. The summed E-state index contributed by atoms with van der Waals surface area (Å²) in [6.07, 6.45) is 9.36. The van der Waals surface area contributed by atoms with Gasteiger partial charge < -0.3 is 10.7 Å². The summed E-state index contributed by atoms with van der Waals surface area (Å²) in [5.74, 6) is 5.69. The molecule has 0 saturated carbocycles. The van der Waals surface area contributed by atoms with Gasteiger partial charge in [0, 0.05) is 32.0 Å². The van der Waals surface area contributed by atoms with E-state index in [4.69, 9.17) is 11.6 Å². The highest BCUT2D eigenvalue weighted by Crippen LogP contribution is 2.47. The lowest BCUT2D eigenvalue weighted by Gasteiger charge is -2.44. The molecule has 192 valence electrons. The number of hydrogen-bond acceptors (Lipinski definition) is 8. The van der Waals surface area contributed by atoms with Crippen molar-refractivity contribution < 1.29 is 9.18 Å². The van der Waals surface area contributed by atoms with Crippen LogP contribution in [-0.4, -0.2) is 49.5 Å². The van der Waals surface area contributed by atoms with Crippen LogP contribution in [0.1, 0.15) is 41.5 Å². The van der Waals surface area contributed by atoms with Crippen LogP contribution in [0.4, 0.5) is 4.39 Å². The summed E-state index contributed by atoms with van der Waals surface area (Å²) in [6.45, 7) is 3.96. The van der Waals surface area contributed by atoms with E-state index in [1.165, 1.54) is 24.1 Å². The maximum absolute atomic E-state index is 14.1. The number of piperidine rings is 1. The molecule has 3 heterocycles. The van der Waals surface area contributed by atoms with Crippen LogP contribution >= 0.6 is 11.9 Å². The van der Waals surface area contributed by atoms with Crippen LogP contribution in [0, 0.1) is 11.2 Å². The highest BCUT2D eigenvalue weighted by Gasteiger charge is 2.49. The second kappa shape index (κ2) is 10.5. The van der Waals surface area contributed by atoms with E-state index in [0.29, 0.717) is 36.7 Å². The van der Waals surface area contributed by atoms with Gasteiger partial charge in [-0.2, -0.15) is 5.10 Å². The fourth-order valence-electron chi connectivity index (χ4n) is 5.08. The average Bonchev–Trinajstić information content (AvgIpc) is 3.30. The predicted molar refractivity (Wildman–Crippen MR) is 143 cm³/mol. The molecule has 4 N–H and O–H groups in total. The summed E-state index contributed by atoms with van der Waals surface area (Å²) >= 11 is 1.42. The largest absolute Gasteiger partial charge is 0.391 e. The summed E-state index contributed by atoms with van der Waals surface area (Å²) < 4.78 is 17.5. The van der Waals surface area contributed by atoms with Gasteiger partial charge in [0.1, 0.15) is 11.5 Å². The van der Waals surface area contributed by atoms with Gasteiger partial charge >= 0.3 is 0 Å². The Morgan fingerprint density at radius 2 is 2.08 bits per heavy atom. The first kappa shape index (κ1) is 25.2. The third-order valence-electron chi connectivity index (χ3n) is 6.79. The number of Topliss-reactive ketones (excluding diaryl/α,β-unsaturated/α-hetero) is 1. The zero-order valence-corrected chi connectivity index (χ0v) is 21.5. The zero-order valence-electron chi connectivity index (χ0n) is 20.7. The molecule has 3 aromatic rings. The Kier molecular flexibility index (Phi) is 7.14. The minimum atomic E-state index is -0.796.